The van der Waals surface area contributed by atoms with Gasteiger partial charge in [0.15, 0.2) is 0 Å². The smallest absolute Gasteiger partial charge is 0.319 e. The highest BCUT2D eigenvalue weighted by atomic mass is 35.5. The van der Waals surface area contributed by atoms with E-state index in [1.807, 2.05) is 36.1 Å². The fourth-order valence-corrected chi connectivity index (χ4v) is 3.10. The molecule has 1 saturated heterocycles. The van der Waals surface area contributed by atoms with Crippen molar-refractivity contribution < 1.29 is 9.21 Å². The number of hydrogen-bond acceptors (Lipinski definition) is 4. The summed E-state index contributed by atoms with van der Waals surface area (Å²) in [5, 5.41) is 0.664. The lowest BCUT2D eigenvalue weighted by atomic mass is 10.2. The molecule has 0 atom stereocenters. The number of urea groups is 1. The fraction of sp³-hybridized carbons (Fsp3) is 0.444. The summed E-state index contributed by atoms with van der Waals surface area (Å²) in [6, 6.07) is 7.57. The highest BCUT2D eigenvalue weighted by Crippen LogP contribution is 2.25. The Morgan fingerprint density at radius 3 is 2.64 bits per heavy atom. The number of nitrogens with zero attached hydrogens (tertiary/aromatic N) is 4. The van der Waals surface area contributed by atoms with Gasteiger partial charge < -0.3 is 14.2 Å². The molecule has 1 aliphatic heterocycles. The van der Waals surface area contributed by atoms with Gasteiger partial charge in [-0.15, -0.1) is 0 Å². The second-order valence-electron chi connectivity index (χ2n) is 6.47. The van der Waals surface area contributed by atoms with Gasteiger partial charge >= 0.3 is 6.03 Å². The van der Waals surface area contributed by atoms with E-state index < -0.39 is 0 Å². The number of rotatable bonds is 3. The Labute approximate surface area is 153 Å². The van der Waals surface area contributed by atoms with Crippen LogP contribution in [0.2, 0.25) is 5.02 Å². The van der Waals surface area contributed by atoms with Crippen molar-refractivity contribution in [3.05, 3.63) is 40.7 Å². The van der Waals surface area contributed by atoms with Crippen molar-refractivity contribution in [3.63, 3.8) is 0 Å². The van der Waals surface area contributed by atoms with Gasteiger partial charge in [0.05, 0.1) is 5.69 Å². The summed E-state index contributed by atoms with van der Waals surface area (Å²) < 4.78 is 5.82. The molecule has 0 radical (unpaired) electrons. The summed E-state index contributed by atoms with van der Waals surface area (Å²) in [5.74, 6) is 1.41. The van der Waals surface area contributed by atoms with Crippen molar-refractivity contribution in [2.75, 3.05) is 40.3 Å². The van der Waals surface area contributed by atoms with Crippen LogP contribution in [0.4, 0.5) is 4.79 Å². The molecule has 2 heterocycles. The van der Waals surface area contributed by atoms with Crippen LogP contribution in [0.15, 0.2) is 28.7 Å². The normalized spacial score (nSPS) is 15.4. The van der Waals surface area contributed by atoms with E-state index in [1.54, 1.807) is 19.0 Å². The average Bonchev–Trinajstić information content (AvgIpc) is 2.96. The van der Waals surface area contributed by atoms with Crippen LogP contribution < -0.4 is 0 Å². The van der Waals surface area contributed by atoms with Gasteiger partial charge in [0.1, 0.15) is 5.76 Å². The molecular weight excluding hydrogens is 340 g/mol. The molecule has 134 valence electrons. The van der Waals surface area contributed by atoms with Crippen molar-refractivity contribution in [2.24, 2.45) is 0 Å². The molecule has 1 aliphatic rings. The molecule has 3 rings (SSSR count). The van der Waals surface area contributed by atoms with Crippen LogP contribution >= 0.6 is 11.6 Å². The topological polar surface area (TPSA) is 52.8 Å². The van der Waals surface area contributed by atoms with E-state index in [2.05, 4.69) is 9.88 Å². The third-order valence-electron chi connectivity index (χ3n) is 4.36. The zero-order valence-corrected chi connectivity index (χ0v) is 15.6. The van der Waals surface area contributed by atoms with Gasteiger partial charge in [0.2, 0.25) is 5.89 Å². The molecule has 2 amide bonds. The van der Waals surface area contributed by atoms with Gasteiger partial charge in [-0.05, 0) is 25.1 Å². The van der Waals surface area contributed by atoms with Gasteiger partial charge in [-0.3, -0.25) is 4.90 Å². The Kier molecular flexibility index (Phi) is 5.30. The van der Waals surface area contributed by atoms with E-state index in [1.165, 1.54) is 0 Å². The summed E-state index contributed by atoms with van der Waals surface area (Å²) in [6.45, 7) is 5.78. The summed E-state index contributed by atoms with van der Waals surface area (Å²) in [5.41, 5.74) is 1.81. The maximum absolute atomic E-state index is 12.0. The Bertz CT molecular complexity index is 751. The number of amides is 2. The Morgan fingerprint density at radius 1 is 1.28 bits per heavy atom. The molecule has 0 saturated carbocycles. The maximum atomic E-state index is 12.0. The van der Waals surface area contributed by atoms with Gasteiger partial charge in [0.25, 0.3) is 0 Å². The molecule has 6 nitrogen and oxygen atoms in total. The first-order valence-electron chi connectivity index (χ1n) is 8.35. The quantitative estimate of drug-likeness (QED) is 0.841. The lowest BCUT2D eigenvalue weighted by molar-refractivity contribution is 0.119. The van der Waals surface area contributed by atoms with Crippen molar-refractivity contribution in [2.45, 2.75) is 13.5 Å². The number of piperazine rings is 1. The van der Waals surface area contributed by atoms with Crippen molar-refractivity contribution in [1.29, 1.82) is 0 Å². The Balaban J connectivity index is 1.64. The van der Waals surface area contributed by atoms with Crippen LogP contribution in [0, 0.1) is 6.92 Å². The van der Waals surface area contributed by atoms with Crippen LogP contribution in [-0.2, 0) is 6.54 Å². The average molecular weight is 363 g/mol. The number of halogens is 1. The number of benzene rings is 1. The summed E-state index contributed by atoms with van der Waals surface area (Å²) >= 11 is 6.05. The van der Waals surface area contributed by atoms with Crippen LogP contribution in [0.5, 0.6) is 0 Å². The summed E-state index contributed by atoms with van der Waals surface area (Å²) in [7, 11) is 3.57. The number of carbonyl (C=O) groups is 1. The number of aryl methyl sites for hydroxylation is 1. The number of oxazole rings is 1. The summed E-state index contributed by atoms with van der Waals surface area (Å²) in [6.07, 6.45) is 0. The second-order valence-corrected chi connectivity index (χ2v) is 6.91. The lowest BCUT2D eigenvalue weighted by Gasteiger charge is -2.35. The lowest BCUT2D eigenvalue weighted by Crippen LogP contribution is -2.51. The third kappa shape index (κ3) is 4.14. The number of hydrogen-bond donors (Lipinski definition) is 0. The molecule has 7 heteroatoms. The van der Waals surface area contributed by atoms with Gasteiger partial charge in [-0.1, -0.05) is 17.7 Å². The van der Waals surface area contributed by atoms with Crippen LogP contribution in [0.3, 0.4) is 0 Å². The molecule has 1 aromatic carbocycles. The van der Waals surface area contributed by atoms with E-state index in [-0.39, 0.29) is 6.03 Å². The number of aromatic nitrogens is 1. The fourth-order valence-electron chi connectivity index (χ4n) is 2.91. The van der Waals surface area contributed by atoms with Crippen LogP contribution in [0.25, 0.3) is 11.5 Å². The van der Waals surface area contributed by atoms with Crippen LogP contribution in [-0.4, -0.2) is 66.0 Å². The molecule has 0 unspecified atom stereocenters. The first kappa shape index (κ1) is 17.8. The number of carbonyl (C=O) groups excluding carboxylic acids is 1. The standard InChI is InChI=1S/C18H23ClN4O2/c1-13-16(20-17(25-13)14-5-4-6-15(19)11-14)12-22-7-9-23(10-8-22)18(24)21(2)3/h4-6,11H,7-10,12H2,1-3H3. The molecule has 0 bridgehead atoms. The van der Waals surface area contributed by atoms with Gasteiger partial charge in [-0.2, -0.15) is 0 Å². The van der Waals surface area contributed by atoms with Crippen LogP contribution in [0.1, 0.15) is 11.5 Å². The van der Waals surface area contributed by atoms with E-state index in [4.69, 9.17) is 16.0 Å². The maximum Gasteiger partial charge on any atom is 0.319 e. The second kappa shape index (κ2) is 7.45. The predicted octanol–water partition coefficient (Wildman–Crippen LogP) is 3.10. The predicted molar refractivity (Wildman–Crippen MR) is 97.6 cm³/mol. The van der Waals surface area contributed by atoms with Gasteiger partial charge in [0, 0.05) is 57.4 Å². The minimum atomic E-state index is 0.0699. The first-order valence-corrected chi connectivity index (χ1v) is 8.72. The minimum absolute atomic E-state index is 0.0699. The SMILES string of the molecule is Cc1oc(-c2cccc(Cl)c2)nc1CN1CCN(C(=O)N(C)C)CC1. The van der Waals surface area contributed by atoms with E-state index >= 15 is 0 Å². The molecular formula is C18H23ClN4O2. The molecule has 25 heavy (non-hydrogen) atoms. The Morgan fingerprint density at radius 2 is 2.00 bits per heavy atom. The minimum Gasteiger partial charge on any atom is -0.441 e. The highest BCUT2D eigenvalue weighted by Gasteiger charge is 2.23. The summed E-state index contributed by atoms with van der Waals surface area (Å²) in [4.78, 5) is 22.4. The zero-order valence-electron chi connectivity index (χ0n) is 14.8. The first-order chi connectivity index (χ1) is 11.9. The molecule has 0 spiro atoms. The molecule has 1 aromatic heterocycles. The van der Waals surface area contributed by atoms with Crippen molar-refractivity contribution in [1.82, 2.24) is 19.7 Å². The van der Waals surface area contributed by atoms with E-state index in [0.29, 0.717) is 10.9 Å². The van der Waals surface area contributed by atoms with E-state index in [9.17, 15) is 4.79 Å². The largest absolute Gasteiger partial charge is 0.441 e. The highest BCUT2D eigenvalue weighted by molar-refractivity contribution is 6.30. The third-order valence-corrected chi connectivity index (χ3v) is 4.60. The van der Waals surface area contributed by atoms with Crippen molar-refractivity contribution >= 4 is 17.6 Å². The molecule has 2 aromatic rings. The Hall–Kier alpha value is -2.05. The van der Waals surface area contributed by atoms with E-state index in [0.717, 1.165) is 49.7 Å². The molecule has 0 aliphatic carbocycles. The van der Waals surface area contributed by atoms with Crippen molar-refractivity contribution in [3.8, 4) is 11.5 Å². The molecule has 1 fully saturated rings. The molecule has 0 N–H and O–H groups in total. The monoisotopic (exact) mass is 362 g/mol. The van der Waals surface area contributed by atoms with Gasteiger partial charge in [-0.25, -0.2) is 9.78 Å². The zero-order chi connectivity index (χ0) is 18.0.